The van der Waals surface area contributed by atoms with E-state index in [0.29, 0.717) is 5.69 Å². The topological polar surface area (TPSA) is 64.0 Å². The second-order valence-corrected chi connectivity index (χ2v) is 8.76. The van der Waals surface area contributed by atoms with Gasteiger partial charge in [0.15, 0.2) is 0 Å². The van der Waals surface area contributed by atoms with Crippen LogP contribution in [0.4, 0.5) is 5.69 Å². The summed E-state index contributed by atoms with van der Waals surface area (Å²) in [6.07, 6.45) is 3.64. The number of aromatic nitrogens is 2. The van der Waals surface area contributed by atoms with Crippen LogP contribution in [0.1, 0.15) is 35.1 Å². The third-order valence-corrected chi connectivity index (χ3v) is 6.07. The summed E-state index contributed by atoms with van der Waals surface area (Å²) in [6, 6.07) is 13.6. The first kappa shape index (κ1) is 20.5. The molecule has 6 heteroatoms. The molecule has 0 bridgehead atoms. The van der Waals surface area contributed by atoms with Gasteiger partial charge in [0.1, 0.15) is 6.54 Å². The maximum atomic E-state index is 13.1. The second-order valence-electron chi connectivity index (χ2n) is 7.85. The van der Waals surface area contributed by atoms with E-state index in [1.54, 1.807) is 0 Å². The van der Waals surface area contributed by atoms with E-state index in [4.69, 9.17) is 0 Å². The first-order valence-corrected chi connectivity index (χ1v) is 11.0. The zero-order valence-electron chi connectivity index (χ0n) is 17.2. The molecule has 4 rings (SSSR count). The average molecular weight is 466 g/mol. The first-order chi connectivity index (χ1) is 14.4. The van der Waals surface area contributed by atoms with Gasteiger partial charge in [-0.1, -0.05) is 33.6 Å². The zero-order chi connectivity index (χ0) is 21.3. The molecule has 0 aliphatic heterocycles. The van der Waals surface area contributed by atoms with Gasteiger partial charge in [-0.3, -0.25) is 9.59 Å². The lowest BCUT2D eigenvalue weighted by molar-refractivity contribution is -0.117. The smallest absolute Gasteiger partial charge is 0.270 e. The number of nitrogens with zero attached hydrogens (tertiary/aromatic N) is 2. The van der Waals surface area contributed by atoms with Gasteiger partial charge < -0.3 is 5.32 Å². The number of carbonyl (C=O) groups is 1. The summed E-state index contributed by atoms with van der Waals surface area (Å²) in [6.45, 7) is 4.00. The lowest BCUT2D eigenvalue weighted by atomic mass is 9.88. The number of halogens is 1. The number of carbonyl (C=O) groups excluding carboxylic acids is 1. The van der Waals surface area contributed by atoms with E-state index < -0.39 is 0 Å². The number of hydrogen-bond donors (Lipinski definition) is 1. The molecule has 0 radical (unpaired) electrons. The predicted molar refractivity (Wildman–Crippen MR) is 123 cm³/mol. The van der Waals surface area contributed by atoms with Gasteiger partial charge in [0.2, 0.25) is 5.91 Å². The Bertz CT molecular complexity index is 1170. The molecule has 1 amide bonds. The summed E-state index contributed by atoms with van der Waals surface area (Å²) < 4.78 is 2.27. The van der Waals surface area contributed by atoms with Gasteiger partial charge in [0.05, 0.1) is 5.69 Å². The van der Waals surface area contributed by atoms with Crippen molar-refractivity contribution in [2.45, 2.75) is 46.1 Å². The SMILES string of the molecule is Cc1ccc(C)c(-c2nn(CC(=O)Nc3ccc(Br)cc3)c(=O)c3c2CCCC3)c1. The average Bonchev–Trinajstić information content (AvgIpc) is 2.74. The maximum absolute atomic E-state index is 13.1. The number of fused-ring (bicyclic) bond motifs is 1. The minimum absolute atomic E-state index is 0.111. The van der Waals surface area contributed by atoms with E-state index in [1.165, 1.54) is 4.68 Å². The van der Waals surface area contributed by atoms with E-state index in [-0.39, 0.29) is 18.0 Å². The van der Waals surface area contributed by atoms with Crippen molar-refractivity contribution in [1.82, 2.24) is 9.78 Å². The normalized spacial score (nSPS) is 13.0. The Kier molecular flexibility index (Phi) is 5.86. The molecule has 1 N–H and O–H groups in total. The molecule has 1 heterocycles. The Balaban J connectivity index is 1.73. The maximum Gasteiger partial charge on any atom is 0.270 e. The van der Waals surface area contributed by atoms with Crippen LogP contribution in [0.3, 0.4) is 0 Å². The fourth-order valence-corrected chi connectivity index (χ4v) is 4.23. The van der Waals surface area contributed by atoms with Gasteiger partial charge in [-0.15, -0.1) is 0 Å². The van der Waals surface area contributed by atoms with Gasteiger partial charge in [0, 0.05) is 21.3 Å². The molecular formula is C24H24BrN3O2. The standard InChI is InChI=1S/C24H24BrN3O2/c1-15-7-8-16(2)21(13-15)23-19-5-3-4-6-20(19)24(30)28(27-23)14-22(29)26-18-11-9-17(25)10-12-18/h7-13H,3-6,14H2,1-2H3,(H,26,29). The van der Waals surface area contributed by atoms with Crippen LogP contribution in [0, 0.1) is 13.8 Å². The quantitative estimate of drug-likeness (QED) is 0.601. The summed E-state index contributed by atoms with van der Waals surface area (Å²) in [5.74, 6) is -0.269. The van der Waals surface area contributed by atoms with E-state index in [0.717, 1.165) is 63.7 Å². The highest BCUT2D eigenvalue weighted by molar-refractivity contribution is 9.10. The van der Waals surface area contributed by atoms with Crippen LogP contribution in [0.5, 0.6) is 0 Å². The molecule has 0 unspecified atom stereocenters. The van der Waals surface area contributed by atoms with Crippen molar-refractivity contribution >= 4 is 27.5 Å². The van der Waals surface area contributed by atoms with E-state index >= 15 is 0 Å². The largest absolute Gasteiger partial charge is 0.324 e. The number of hydrogen-bond acceptors (Lipinski definition) is 3. The minimum atomic E-state index is -0.269. The highest BCUT2D eigenvalue weighted by Crippen LogP contribution is 2.30. The number of aryl methyl sites for hydroxylation is 2. The molecule has 0 saturated heterocycles. The van der Waals surface area contributed by atoms with Crippen LogP contribution >= 0.6 is 15.9 Å². The van der Waals surface area contributed by atoms with Gasteiger partial charge in [-0.2, -0.15) is 5.10 Å². The van der Waals surface area contributed by atoms with Crippen molar-refractivity contribution in [2.24, 2.45) is 0 Å². The highest BCUT2D eigenvalue weighted by atomic mass is 79.9. The molecule has 30 heavy (non-hydrogen) atoms. The van der Waals surface area contributed by atoms with Gasteiger partial charge in [-0.05, 0) is 81.0 Å². The van der Waals surface area contributed by atoms with Crippen LogP contribution in [0.15, 0.2) is 51.7 Å². The summed E-state index contributed by atoms with van der Waals surface area (Å²) in [4.78, 5) is 25.7. The molecule has 0 spiro atoms. The lowest BCUT2D eigenvalue weighted by Crippen LogP contribution is -2.34. The van der Waals surface area contributed by atoms with Crippen LogP contribution < -0.4 is 10.9 Å². The van der Waals surface area contributed by atoms with Gasteiger partial charge >= 0.3 is 0 Å². The van der Waals surface area contributed by atoms with Crippen LogP contribution in [-0.4, -0.2) is 15.7 Å². The first-order valence-electron chi connectivity index (χ1n) is 10.2. The third-order valence-electron chi connectivity index (χ3n) is 5.54. The number of benzene rings is 2. The Labute approximate surface area is 184 Å². The Morgan fingerprint density at radius 1 is 1.07 bits per heavy atom. The van der Waals surface area contributed by atoms with Crippen molar-refractivity contribution in [1.29, 1.82) is 0 Å². The predicted octanol–water partition coefficient (Wildman–Crippen LogP) is 4.81. The Morgan fingerprint density at radius 2 is 1.77 bits per heavy atom. The minimum Gasteiger partial charge on any atom is -0.324 e. The van der Waals surface area contributed by atoms with E-state index in [9.17, 15) is 9.59 Å². The summed E-state index contributed by atoms with van der Waals surface area (Å²) >= 11 is 3.38. The molecule has 1 aromatic heterocycles. The fraction of sp³-hybridized carbons (Fsp3) is 0.292. The van der Waals surface area contributed by atoms with Crippen LogP contribution in [0.25, 0.3) is 11.3 Å². The second kappa shape index (κ2) is 8.56. The van der Waals surface area contributed by atoms with Crippen molar-refractivity contribution in [3.05, 3.63) is 79.5 Å². The van der Waals surface area contributed by atoms with Crippen molar-refractivity contribution in [3.63, 3.8) is 0 Å². The lowest BCUT2D eigenvalue weighted by Gasteiger charge is -2.21. The molecule has 1 aliphatic carbocycles. The van der Waals surface area contributed by atoms with E-state index in [2.05, 4.69) is 58.4 Å². The number of anilines is 1. The van der Waals surface area contributed by atoms with E-state index in [1.807, 2.05) is 24.3 Å². The molecule has 154 valence electrons. The van der Waals surface area contributed by atoms with Gasteiger partial charge in [0.25, 0.3) is 5.56 Å². The number of rotatable bonds is 4. The summed E-state index contributed by atoms with van der Waals surface area (Å²) in [5, 5.41) is 7.53. The van der Waals surface area contributed by atoms with Crippen LogP contribution in [-0.2, 0) is 24.2 Å². The number of nitrogens with one attached hydrogen (secondary N) is 1. The summed E-state index contributed by atoms with van der Waals surface area (Å²) in [5.41, 5.74) is 6.53. The Morgan fingerprint density at radius 3 is 2.50 bits per heavy atom. The van der Waals surface area contributed by atoms with Gasteiger partial charge in [-0.25, -0.2) is 4.68 Å². The molecule has 5 nitrogen and oxygen atoms in total. The molecule has 0 atom stereocenters. The highest BCUT2D eigenvalue weighted by Gasteiger charge is 2.23. The molecule has 0 fully saturated rings. The third kappa shape index (κ3) is 4.24. The molecule has 3 aromatic rings. The zero-order valence-corrected chi connectivity index (χ0v) is 18.8. The monoisotopic (exact) mass is 465 g/mol. The van der Waals surface area contributed by atoms with Crippen molar-refractivity contribution < 1.29 is 4.79 Å². The van der Waals surface area contributed by atoms with Crippen molar-refractivity contribution in [2.75, 3.05) is 5.32 Å². The van der Waals surface area contributed by atoms with Crippen molar-refractivity contribution in [3.8, 4) is 11.3 Å². The number of amides is 1. The fourth-order valence-electron chi connectivity index (χ4n) is 3.97. The Hall–Kier alpha value is -2.73. The molecule has 2 aromatic carbocycles. The summed E-state index contributed by atoms with van der Waals surface area (Å²) in [7, 11) is 0. The molecule has 1 aliphatic rings. The van der Waals surface area contributed by atoms with Crippen LogP contribution in [0.2, 0.25) is 0 Å². The molecule has 0 saturated carbocycles. The molecular weight excluding hydrogens is 442 g/mol.